The van der Waals surface area contributed by atoms with Gasteiger partial charge in [-0.2, -0.15) is 0 Å². The summed E-state index contributed by atoms with van der Waals surface area (Å²) < 4.78 is 11.4. The number of rotatable bonds is 8. The van der Waals surface area contributed by atoms with Crippen molar-refractivity contribution < 1.29 is 19.4 Å². The number of allylic oxidation sites excluding steroid dienone is 1. The first-order valence-corrected chi connectivity index (χ1v) is 11.6. The monoisotopic (exact) mass is 451 g/mol. The maximum atomic E-state index is 11.7. The highest BCUT2D eigenvalue weighted by Crippen LogP contribution is 2.38. The molecule has 2 aliphatic rings. The number of ether oxygens (including phenoxy) is 2. The summed E-state index contributed by atoms with van der Waals surface area (Å²) in [6, 6.07) is 10.2. The second-order valence-electron chi connectivity index (χ2n) is 9.06. The number of methoxy groups -OCH3 is 1. The number of aromatic nitrogens is 1. The van der Waals surface area contributed by atoms with E-state index in [2.05, 4.69) is 35.5 Å². The van der Waals surface area contributed by atoms with Gasteiger partial charge in [-0.25, -0.2) is 0 Å². The van der Waals surface area contributed by atoms with Crippen LogP contribution in [0, 0.1) is 12.3 Å². The fraction of sp³-hybridized carbons (Fsp3) is 0.462. The van der Waals surface area contributed by atoms with Crippen LogP contribution in [0.1, 0.15) is 56.3 Å². The summed E-state index contributed by atoms with van der Waals surface area (Å²) in [5.74, 6) is 0.0352. The van der Waals surface area contributed by atoms with E-state index >= 15 is 0 Å². The molecule has 1 aromatic carbocycles. The van der Waals surface area contributed by atoms with Gasteiger partial charge in [0, 0.05) is 36.3 Å². The Morgan fingerprint density at radius 1 is 1.24 bits per heavy atom. The SMILES string of the molecule is CCC1=CNC(c2ccc(-c3ccc(OC4CCC(COC)(C(=O)O)CC4)cc3C)nc2)N1. The highest BCUT2D eigenvalue weighted by atomic mass is 16.5. The zero-order valence-corrected chi connectivity index (χ0v) is 19.6. The molecular weight excluding hydrogens is 418 g/mol. The van der Waals surface area contributed by atoms with Crippen molar-refractivity contribution >= 4 is 5.97 Å². The number of aliphatic carboxylic acids is 1. The molecule has 7 heteroatoms. The number of carbonyl (C=O) groups is 1. The third-order valence-corrected chi connectivity index (χ3v) is 6.80. The lowest BCUT2D eigenvalue weighted by atomic mass is 9.73. The summed E-state index contributed by atoms with van der Waals surface area (Å²) in [5, 5.41) is 16.4. The number of carboxylic acid groups (broad SMARTS) is 1. The van der Waals surface area contributed by atoms with E-state index in [9.17, 15) is 9.90 Å². The number of benzene rings is 1. The predicted molar refractivity (Wildman–Crippen MR) is 127 cm³/mol. The Morgan fingerprint density at radius 2 is 2.03 bits per heavy atom. The molecule has 0 spiro atoms. The highest BCUT2D eigenvalue weighted by Gasteiger charge is 2.42. The molecule has 3 N–H and O–H groups in total. The number of carboxylic acids is 1. The summed E-state index contributed by atoms with van der Waals surface area (Å²) in [4.78, 5) is 16.4. The van der Waals surface area contributed by atoms with Crippen molar-refractivity contribution in [2.24, 2.45) is 5.41 Å². The molecule has 1 aliphatic carbocycles. The second kappa shape index (κ2) is 9.83. The average molecular weight is 452 g/mol. The Kier molecular flexibility index (Phi) is 6.88. The minimum atomic E-state index is -0.788. The first-order chi connectivity index (χ1) is 15.9. The van der Waals surface area contributed by atoms with Gasteiger partial charge in [0.1, 0.15) is 11.9 Å². The van der Waals surface area contributed by atoms with Gasteiger partial charge in [-0.05, 0) is 68.9 Å². The average Bonchev–Trinajstić information content (AvgIpc) is 3.30. The number of nitrogens with one attached hydrogen (secondary N) is 2. The third-order valence-electron chi connectivity index (χ3n) is 6.80. The van der Waals surface area contributed by atoms with Crippen LogP contribution in [-0.4, -0.2) is 35.9 Å². The summed E-state index contributed by atoms with van der Waals surface area (Å²) >= 11 is 0. The Morgan fingerprint density at radius 3 is 2.61 bits per heavy atom. The fourth-order valence-electron chi connectivity index (χ4n) is 4.72. The molecule has 1 saturated carbocycles. The Bertz CT molecular complexity index is 1010. The molecule has 1 aliphatic heterocycles. The first-order valence-electron chi connectivity index (χ1n) is 11.6. The minimum absolute atomic E-state index is 0.0185. The molecule has 0 saturated heterocycles. The van der Waals surface area contributed by atoms with Gasteiger partial charge >= 0.3 is 5.97 Å². The van der Waals surface area contributed by atoms with E-state index in [1.54, 1.807) is 7.11 Å². The summed E-state index contributed by atoms with van der Waals surface area (Å²) in [6.45, 7) is 4.43. The summed E-state index contributed by atoms with van der Waals surface area (Å²) in [5.41, 5.74) is 4.59. The van der Waals surface area contributed by atoms with Gasteiger partial charge in [0.15, 0.2) is 0 Å². The maximum Gasteiger partial charge on any atom is 0.311 e. The molecule has 1 atom stereocenters. The van der Waals surface area contributed by atoms with Gasteiger partial charge in [-0.3, -0.25) is 9.78 Å². The Labute approximate surface area is 195 Å². The number of hydrogen-bond donors (Lipinski definition) is 3. The van der Waals surface area contributed by atoms with Crippen molar-refractivity contribution in [1.29, 1.82) is 0 Å². The molecule has 0 amide bonds. The lowest BCUT2D eigenvalue weighted by Gasteiger charge is -2.36. The largest absolute Gasteiger partial charge is 0.490 e. The number of hydrogen-bond acceptors (Lipinski definition) is 6. The van der Waals surface area contributed by atoms with Crippen LogP contribution in [0.25, 0.3) is 11.3 Å². The summed E-state index contributed by atoms with van der Waals surface area (Å²) in [7, 11) is 1.56. The van der Waals surface area contributed by atoms with Crippen LogP contribution in [0.15, 0.2) is 48.4 Å². The summed E-state index contributed by atoms with van der Waals surface area (Å²) in [6.07, 6.45) is 7.52. The fourth-order valence-corrected chi connectivity index (χ4v) is 4.72. The maximum absolute atomic E-state index is 11.7. The van der Waals surface area contributed by atoms with Gasteiger partial charge < -0.3 is 25.2 Å². The molecule has 2 heterocycles. The standard InChI is InChI=1S/C26H33N3O4/c1-4-19-15-28-24(29-19)18-5-8-23(27-14-18)22-7-6-21(13-17(22)2)33-20-9-11-26(12-10-20,16-32-3)25(30)31/h5-8,13-15,20,24,28-29H,4,9-12,16H2,1-3H3,(H,30,31). The second-order valence-corrected chi connectivity index (χ2v) is 9.06. The van der Waals surface area contributed by atoms with Crippen LogP contribution in [0.5, 0.6) is 5.75 Å². The molecule has 0 radical (unpaired) electrons. The van der Waals surface area contributed by atoms with Crippen LogP contribution < -0.4 is 15.4 Å². The molecule has 1 aromatic heterocycles. The normalized spacial score (nSPS) is 24.5. The van der Waals surface area contributed by atoms with E-state index in [0.717, 1.165) is 34.6 Å². The molecule has 1 unspecified atom stereocenters. The van der Waals surface area contributed by atoms with E-state index in [1.165, 1.54) is 5.70 Å². The number of pyridine rings is 1. The van der Waals surface area contributed by atoms with Crippen LogP contribution in [-0.2, 0) is 9.53 Å². The van der Waals surface area contributed by atoms with Crippen molar-refractivity contribution in [2.45, 2.75) is 58.2 Å². The smallest absolute Gasteiger partial charge is 0.311 e. The van der Waals surface area contributed by atoms with Crippen molar-refractivity contribution in [3.8, 4) is 17.0 Å². The van der Waals surface area contributed by atoms with Crippen LogP contribution in [0.2, 0.25) is 0 Å². The molecule has 2 aromatic rings. The molecule has 4 rings (SSSR count). The van der Waals surface area contributed by atoms with Crippen molar-refractivity contribution in [3.63, 3.8) is 0 Å². The molecular formula is C26H33N3O4. The quantitative estimate of drug-likeness (QED) is 0.543. The van der Waals surface area contributed by atoms with Crippen LogP contribution in [0.3, 0.4) is 0 Å². The van der Waals surface area contributed by atoms with Gasteiger partial charge in [0.25, 0.3) is 0 Å². The minimum Gasteiger partial charge on any atom is -0.490 e. The van der Waals surface area contributed by atoms with Crippen molar-refractivity contribution in [1.82, 2.24) is 15.6 Å². The van der Waals surface area contributed by atoms with E-state index in [-0.39, 0.29) is 18.9 Å². The predicted octanol–water partition coefficient (Wildman–Crippen LogP) is 4.54. The van der Waals surface area contributed by atoms with E-state index in [1.807, 2.05) is 36.7 Å². The number of aryl methyl sites for hydroxylation is 1. The zero-order valence-electron chi connectivity index (χ0n) is 19.6. The zero-order chi connectivity index (χ0) is 23.4. The van der Waals surface area contributed by atoms with Crippen LogP contribution in [0.4, 0.5) is 0 Å². The van der Waals surface area contributed by atoms with Gasteiger partial charge in [0.2, 0.25) is 0 Å². The van der Waals surface area contributed by atoms with E-state index < -0.39 is 11.4 Å². The van der Waals surface area contributed by atoms with E-state index in [4.69, 9.17) is 9.47 Å². The van der Waals surface area contributed by atoms with Crippen LogP contribution >= 0.6 is 0 Å². The topological polar surface area (TPSA) is 92.7 Å². The van der Waals surface area contributed by atoms with Gasteiger partial charge in [0.05, 0.1) is 23.8 Å². The molecule has 1 fully saturated rings. The van der Waals surface area contributed by atoms with Gasteiger partial charge in [-0.1, -0.05) is 13.0 Å². The molecule has 0 bridgehead atoms. The van der Waals surface area contributed by atoms with E-state index in [0.29, 0.717) is 25.7 Å². The molecule has 7 nitrogen and oxygen atoms in total. The first kappa shape index (κ1) is 23.1. The number of nitrogens with zero attached hydrogens (tertiary/aromatic N) is 1. The lowest BCUT2D eigenvalue weighted by molar-refractivity contribution is -0.156. The van der Waals surface area contributed by atoms with Crippen molar-refractivity contribution in [3.05, 3.63) is 59.6 Å². The highest BCUT2D eigenvalue weighted by molar-refractivity contribution is 5.75. The lowest BCUT2D eigenvalue weighted by Crippen LogP contribution is -2.41. The van der Waals surface area contributed by atoms with Crippen molar-refractivity contribution in [2.75, 3.05) is 13.7 Å². The molecule has 176 valence electrons. The Balaban J connectivity index is 1.38. The Hall–Kier alpha value is -3.06. The molecule has 33 heavy (non-hydrogen) atoms. The third kappa shape index (κ3) is 4.98. The van der Waals surface area contributed by atoms with Gasteiger partial charge in [-0.15, -0.1) is 0 Å².